The lowest BCUT2D eigenvalue weighted by molar-refractivity contribution is 0.646. The molecule has 0 fully saturated rings. The number of rotatable bonds is 2. The van der Waals surface area contributed by atoms with Crippen molar-refractivity contribution in [2.24, 2.45) is 0 Å². The maximum Gasteiger partial charge on any atom is 0.227 e. The van der Waals surface area contributed by atoms with Crippen LogP contribution in [0.15, 0.2) is 59.3 Å². The molecule has 6 rings (SSSR count). The first-order chi connectivity index (χ1) is 15.8. The Balaban J connectivity index is 1.70. The molecule has 0 unspecified atom stereocenters. The molecule has 1 aliphatic carbocycles. The highest BCUT2D eigenvalue weighted by atomic mass is 16.3. The van der Waals surface area contributed by atoms with E-state index in [0.29, 0.717) is 11.6 Å². The molecule has 0 atom stereocenters. The lowest BCUT2D eigenvalue weighted by Crippen LogP contribution is -2.15. The molecule has 0 saturated heterocycles. The Bertz CT molecular complexity index is 1590. The Morgan fingerprint density at radius 3 is 2.45 bits per heavy atom. The molecule has 0 N–H and O–H groups in total. The molecule has 5 aromatic rings. The molecular formula is C30H28N2O. The van der Waals surface area contributed by atoms with Gasteiger partial charge in [-0.15, -0.1) is 0 Å². The normalized spacial score (nSPS) is 14.3. The second kappa shape index (κ2) is 6.77. The fourth-order valence-electron chi connectivity index (χ4n) is 5.77. The average molecular weight is 433 g/mol. The Kier molecular flexibility index (Phi) is 4.14. The molecule has 0 radical (unpaired) electrons. The van der Waals surface area contributed by atoms with E-state index in [1.807, 2.05) is 12.4 Å². The van der Waals surface area contributed by atoms with Gasteiger partial charge in [-0.3, -0.25) is 4.98 Å². The smallest absolute Gasteiger partial charge is 0.227 e. The molecule has 0 saturated carbocycles. The molecule has 1 aliphatic rings. The van der Waals surface area contributed by atoms with Gasteiger partial charge >= 0.3 is 0 Å². The third-order valence-electron chi connectivity index (χ3n) is 7.42. The van der Waals surface area contributed by atoms with Gasteiger partial charge in [0.1, 0.15) is 5.58 Å². The summed E-state index contributed by atoms with van der Waals surface area (Å²) in [5, 5.41) is 2.24. The fourth-order valence-corrected chi connectivity index (χ4v) is 5.77. The Labute approximate surface area is 194 Å². The lowest BCUT2D eigenvalue weighted by Gasteiger charge is -2.22. The largest absolute Gasteiger partial charge is 0.437 e. The quantitative estimate of drug-likeness (QED) is 0.283. The van der Waals surface area contributed by atoms with Crippen molar-refractivity contribution in [2.45, 2.75) is 52.9 Å². The van der Waals surface area contributed by atoms with Crippen LogP contribution in [-0.4, -0.2) is 9.97 Å². The van der Waals surface area contributed by atoms with Gasteiger partial charge in [-0.25, -0.2) is 4.98 Å². The molecule has 2 aromatic carbocycles. The van der Waals surface area contributed by atoms with Gasteiger partial charge in [-0.1, -0.05) is 64.1 Å². The van der Waals surface area contributed by atoms with Crippen LogP contribution < -0.4 is 0 Å². The molecule has 3 aromatic heterocycles. The van der Waals surface area contributed by atoms with Gasteiger partial charge in [0, 0.05) is 34.3 Å². The van der Waals surface area contributed by atoms with Crippen LogP contribution in [0.4, 0.5) is 0 Å². The zero-order valence-corrected chi connectivity index (χ0v) is 20.1. The summed E-state index contributed by atoms with van der Waals surface area (Å²) in [5.74, 6) is 0.436. The Morgan fingerprint density at radius 1 is 0.879 bits per heavy atom. The third-order valence-corrected chi connectivity index (χ3v) is 7.42. The zero-order valence-electron chi connectivity index (χ0n) is 20.1. The maximum atomic E-state index is 6.52. The van der Waals surface area contributed by atoms with Crippen molar-refractivity contribution >= 4 is 22.1 Å². The molecule has 3 heteroatoms. The van der Waals surface area contributed by atoms with Crippen LogP contribution in [0.3, 0.4) is 0 Å². The van der Waals surface area contributed by atoms with Crippen LogP contribution in [0.25, 0.3) is 44.5 Å². The average Bonchev–Trinajstić information content (AvgIpc) is 3.27. The fraction of sp³-hybridized carbons (Fsp3) is 0.267. The number of aromatic nitrogens is 2. The van der Waals surface area contributed by atoms with Crippen molar-refractivity contribution in [3.05, 3.63) is 82.7 Å². The van der Waals surface area contributed by atoms with E-state index in [1.54, 1.807) is 0 Å². The van der Waals surface area contributed by atoms with E-state index in [-0.39, 0.29) is 5.41 Å². The van der Waals surface area contributed by atoms with E-state index in [4.69, 9.17) is 14.4 Å². The van der Waals surface area contributed by atoms with Gasteiger partial charge < -0.3 is 4.42 Å². The van der Waals surface area contributed by atoms with Crippen LogP contribution in [0.1, 0.15) is 61.4 Å². The van der Waals surface area contributed by atoms with Crippen molar-refractivity contribution in [1.29, 1.82) is 0 Å². The number of hydrogen-bond donors (Lipinski definition) is 0. The summed E-state index contributed by atoms with van der Waals surface area (Å²) in [6.07, 6.45) is 3.97. The summed E-state index contributed by atoms with van der Waals surface area (Å²) in [5.41, 5.74) is 12.3. The lowest BCUT2D eigenvalue weighted by atomic mass is 9.81. The van der Waals surface area contributed by atoms with Crippen LogP contribution in [0, 0.1) is 13.8 Å². The van der Waals surface area contributed by atoms with E-state index >= 15 is 0 Å². The minimum absolute atomic E-state index is 0.123. The highest BCUT2D eigenvalue weighted by Gasteiger charge is 2.38. The number of furan rings is 1. The number of fused-ring (bicyclic) bond motifs is 7. The molecule has 0 bridgehead atoms. The summed E-state index contributed by atoms with van der Waals surface area (Å²) >= 11 is 0. The van der Waals surface area contributed by atoms with Crippen LogP contribution in [0.2, 0.25) is 0 Å². The van der Waals surface area contributed by atoms with E-state index < -0.39 is 0 Å². The van der Waals surface area contributed by atoms with Crippen molar-refractivity contribution in [3.8, 4) is 22.4 Å². The first kappa shape index (κ1) is 20.2. The standard InChI is InChI=1S/C30H28N2O/c1-16(2)21-13-24(31-14-18(21)4)25-17(3)11-12-20-26-27-22(15-32-29(26)33-28(20)25)19-9-7-8-10-23(19)30(27,5)6/h7-16H,1-6H3. The van der Waals surface area contributed by atoms with Gasteiger partial charge in [-0.05, 0) is 59.2 Å². The highest BCUT2D eigenvalue weighted by Crippen LogP contribution is 2.52. The topological polar surface area (TPSA) is 38.9 Å². The predicted octanol–water partition coefficient (Wildman–Crippen LogP) is 8.09. The van der Waals surface area contributed by atoms with E-state index in [0.717, 1.165) is 33.2 Å². The van der Waals surface area contributed by atoms with Crippen molar-refractivity contribution in [3.63, 3.8) is 0 Å². The van der Waals surface area contributed by atoms with Crippen molar-refractivity contribution < 1.29 is 4.42 Å². The highest BCUT2D eigenvalue weighted by molar-refractivity contribution is 6.13. The monoisotopic (exact) mass is 432 g/mol. The third kappa shape index (κ3) is 2.68. The molecule has 3 nitrogen and oxygen atoms in total. The van der Waals surface area contributed by atoms with Crippen LogP contribution >= 0.6 is 0 Å². The Morgan fingerprint density at radius 2 is 1.67 bits per heavy atom. The molecule has 33 heavy (non-hydrogen) atoms. The number of nitrogens with zero attached hydrogens (tertiary/aromatic N) is 2. The van der Waals surface area contributed by atoms with Gasteiger partial charge in [0.05, 0.1) is 11.1 Å². The van der Waals surface area contributed by atoms with Crippen molar-refractivity contribution in [2.75, 3.05) is 0 Å². The Hall–Kier alpha value is -3.46. The first-order valence-electron chi connectivity index (χ1n) is 11.7. The molecule has 3 heterocycles. The minimum Gasteiger partial charge on any atom is -0.437 e. The number of aryl methyl sites for hydroxylation is 2. The second-order valence-corrected chi connectivity index (χ2v) is 10.2. The summed E-state index contributed by atoms with van der Waals surface area (Å²) < 4.78 is 6.52. The van der Waals surface area contributed by atoms with Gasteiger partial charge in [0.25, 0.3) is 0 Å². The summed E-state index contributed by atoms with van der Waals surface area (Å²) in [6.45, 7) is 13.3. The van der Waals surface area contributed by atoms with Crippen LogP contribution in [0.5, 0.6) is 0 Å². The molecule has 0 aliphatic heterocycles. The number of pyridine rings is 2. The summed E-state index contributed by atoms with van der Waals surface area (Å²) in [6, 6.07) is 15.3. The van der Waals surface area contributed by atoms with Crippen LogP contribution in [-0.2, 0) is 5.41 Å². The maximum absolute atomic E-state index is 6.52. The second-order valence-electron chi connectivity index (χ2n) is 10.2. The van der Waals surface area contributed by atoms with Crippen molar-refractivity contribution in [1.82, 2.24) is 9.97 Å². The summed E-state index contributed by atoms with van der Waals surface area (Å²) in [7, 11) is 0. The molecule has 164 valence electrons. The minimum atomic E-state index is -0.123. The molecular weight excluding hydrogens is 404 g/mol. The van der Waals surface area contributed by atoms with Gasteiger partial charge in [-0.2, -0.15) is 0 Å². The first-order valence-corrected chi connectivity index (χ1v) is 11.7. The van der Waals surface area contributed by atoms with Gasteiger partial charge in [0.15, 0.2) is 0 Å². The van der Waals surface area contributed by atoms with E-state index in [2.05, 4.69) is 84.0 Å². The molecule has 0 amide bonds. The number of hydrogen-bond acceptors (Lipinski definition) is 3. The number of benzene rings is 2. The van der Waals surface area contributed by atoms with Gasteiger partial charge in [0.2, 0.25) is 5.71 Å². The zero-order chi connectivity index (χ0) is 23.1. The summed E-state index contributed by atoms with van der Waals surface area (Å²) in [4.78, 5) is 9.62. The SMILES string of the molecule is Cc1cnc(-c2c(C)ccc3c2oc2ncc4c(c23)C(C)(C)c2ccccc2-4)cc1C(C)C. The van der Waals surface area contributed by atoms with E-state index in [9.17, 15) is 0 Å². The van der Waals surface area contributed by atoms with E-state index in [1.165, 1.54) is 33.4 Å². The molecule has 0 spiro atoms. The predicted molar refractivity (Wildman–Crippen MR) is 136 cm³/mol.